The molecule has 132 valence electrons. The zero-order valence-corrected chi connectivity index (χ0v) is 14.8. The maximum absolute atomic E-state index is 12.9. The molecule has 1 aliphatic heterocycles. The molecule has 7 heteroatoms. The minimum atomic E-state index is -0.336. The van der Waals surface area contributed by atoms with E-state index in [-0.39, 0.29) is 23.7 Å². The number of halogens is 1. The van der Waals surface area contributed by atoms with Crippen molar-refractivity contribution in [2.24, 2.45) is 0 Å². The molecule has 0 saturated carbocycles. The van der Waals surface area contributed by atoms with E-state index in [0.717, 1.165) is 4.88 Å². The fourth-order valence-corrected chi connectivity index (χ4v) is 3.50. The molecule has 1 atom stereocenters. The van der Waals surface area contributed by atoms with Crippen molar-refractivity contribution < 1.29 is 14.0 Å². The molecule has 2 heterocycles. The number of benzene rings is 1. The first-order valence-electron chi connectivity index (χ1n) is 8.18. The monoisotopic (exact) mass is 361 g/mol. The van der Waals surface area contributed by atoms with Crippen LogP contribution < -0.4 is 5.32 Å². The van der Waals surface area contributed by atoms with E-state index in [0.29, 0.717) is 31.9 Å². The molecule has 1 aromatic carbocycles. The maximum atomic E-state index is 12.9. The number of anilines is 1. The Labute approximate surface area is 150 Å². The fourth-order valence-electron chi connectivity index (χ4n) is 2.81. The number of carbonyl (C=O) groups is 2. The number of piperazine rings is 1. The molecule has 0 radical (unpaired) electrons. The van der Waals surface area contributed by atoms with Gasteiger partial charge in [-0.05, 0) is 42.6 Å². The number of amides is 2. The van der Waals surface area contributed by atoms with Crippen molar-refractivity contribution in [3.05, 3.63) is 52.5 Å². The number of nitrogens with zero attached hydrogens (tertiary/aromatic N) is 2. The Bertz CT molecular complexity index is 725. The van der Waals surface area contributed by atoms with Crippen LogP contribution in [0, 0.1) is 5.82 Å². The van der Waals surface area contributed by atoms with Gasteiger partial charge in [-0.3, -0.25) is 14.5 Å². The van der Waals surface area contributed by atoms with E-state index in [4.69, 9.17) is 0 Å². The van der Waals surface area contributed by atoms with E-state index in [1.807, 2.05) is 29.3 Å². The summed E-state index contributed by atoms with van der Waals surface area (Å²) in [5.74, 6) is -0.416. The van der Waals surface area contributed by atoms with Gasteiger partial charge in [-0.15, -0.1) is 11.3 Å². The molecule has 0 aliphatic carbocycles. The third kappa shape index (κ3) is 4.24. The molecule has 0 bridgehead atoms. The lowest BCUT2D eigenvalue weighted by Crippen LogP contribution is -2.53. The lowest BCUT2D eigenvalue weighted by Gasteiger charge is -2.37. The highest BCUT2D eigenvalue weighted by Crippen LogP contribution is 2.16. The SMILES string of the molecule is C[C@H](C(=O)Nc1ccc(F)cc1)N1CCN(C(=O)c2cccs2)CC1. The first-order chi connectivity index (χ1) is 12.0. The van der Waals surface area contributed by atoms with Crippen LogP contribution in [-0.4, -0.2) is 53.8 Å². The van der Waals surface area contributed by atoms with E-state index in [1.165, 1.54) is 35.6 Å². The van der Waals surface area contributed by atoms with Crippen LogP contribution in [0.4, 0.5) is 10.1 Å². The zero-order valence-electron chi connectivity index (χ0n) is 13.9. The predicted octanol–water partition coefficient (Wildman–Crippen LogP) is 2.67. The smallest absolute Gasteiger partial charge is 0.264 e. The Morgan fingerprint density at radius 3 is 2.40 bits per heavy atom. The Morgan fingerprint density at radius 2 is 1.80 bits per heavy atom. The van der Waals surface area contributed by atoms with Crippen molar-refractivity contribution in [1.29, 1.82) is 0 Å². The molecule has 1 saturated heterocycles. The molecule has 0 unspecified atom stereocenters. The summed E-state index contributed by atoms with van der Waals surface area (Å²) in [5.41, 5.74) is 0.574. The summed E-state index contributed by atoms with van der Waals surface area (Å²) in [6, 6.07) is 9.09. The Balaban J connectivity index is 1.52. The molecule has 25 heavy (non-hydrogen) atoms. The second kappa shape index (κ2) is 7.76. The average molecular weight is 361 g/mol. The molecule has 1 aromatic heterocycles. The molecular weight excluding hydrogens is 341 g/mol. The van der Waals surface area contributed by atoms with Crippen LogP contribution in [-0.2, 0) is 4.79 Å². The predicted molar refractivity (Wildman–Crippen MR) is 96.3 cm³/mol. The van der Waals surface area contributed by atoms with E-state index in [9.17, 15) is 14.0 Å². The van der Waals surface area contributed by atoms with Gasteiger partial charge in [0, 0.05) is 31.9 Å². The highest BCUT2D eigenvalue weighted by molar-refractivity contribution is 7.12. The summed E-state index contributed by atoms with van der Waals surface area (Å²) in [7, 11) is 0. The second-order valence-electron chi connectivity index (χ2n) is 5.98. The van der Waals surface area contributed by atoms with Gasteiger partial charge in [-0.2, -0.15) is 0 Å². The minimum Gasteiger partial charge on any atom is -0.335 e. The highest BCUT2D eigenvalue weighted by atomic mass is 32.1. The average Bonchev–Trinajstić information content (AvgIpc) is 3.17. The fraction of sp³-hybridized carbons (Fsp3) is 0.333. The third-order valence-electron chi connectivity index (χ3n) is 4.37. The molecular formula is C18H20FN3O2S. The van der Waals surface area contributed by atoms with Crippen LogP contribution in [0.15, 0.2) is 41.8 Å². The van der Waals surface area contributed by atoms with Gasteiger partial charge in [0.2, 0.25) is 5.91 Å². The summed E-state index contributed by atoms with van der Waals surface area (Å²) < 4.78 is 12.9. The normalized spacial score (nSPS) is 16.5. The summed E-state index contributed by atoms with van der Waals surface area (Å²) >= 11 is 1.44. The van der Waals surface area contributed by atoms with Crippen LogP contribution in [0.5, 0.6) is 0 Å². The van der Waals surface area contributed by atoms with Crippen molar-refractivity contribution in [1.82, 2.24) is 9.80 Å². The van der Waals surface area contributed by atoms with Gasteiger partial charge in [0.15, 0.2) is 0 Å². The van der Waals surface area contributed by atoms with Gasteiger partial charge in [0.1, 0.15) is 5.82 Å². The van der Waals surface area contributed by atoms with Gasteiger partial charge < -0.3 is 10.2 Å². The van der Waals surface area contributed by atoms with Gasteiger partial charge >= 0.3 is 0 Å². The van der Waals surface area contributed by atoms with Crippen molar-refractivity contribution in [2.45, 2.75) is 13.0 Å². The number of thiophene rings is 1. The van der Waals surface area contributed by atoms with Crippen molar-refractivity contribution in [3.8, 4) is 0 Å². The quantitative estimate of drug-likeness (QED) is 0.911. The lowest BCUT2D eigenvalue weighted by atomic mass is 10.2. The van der Waals surface area contributed by atoms with Crippen molar-refractivity contribution >= 4 is 28.8 Å². The number of nitrogens with one attached hydrogen (secondary N) is 1. The zero-order chi connectivity index (χ0) is 17.8. The molecule has 2 amide bonds. The summed E-state index contributed by atoms with van der Waals surface area (Å²) in [6.45, 7) is 4.34. The molecule has 1 fully saturated rings. The number of carbonyl (C=O) groups excluding carboxylic acids is 2. The third-order valence-corrected chi connectivity index (χ3v) is 5.23. The Hall–Kier alpha value is -2.25. The first-order valence-corrected chi connectivity index (χ1v) is 9.06. The topological polar surface area (TPSA) is 52.7 Å². The second-order valence-corrected chi connectivity index (χ2v) is 6.93. The van der Waals surface area contributed by atoms with E-state index in [2.05, 4.69) is 10.2 Å². The number of hydrogen-bond donors (Lipinski definition) is 1. The largest absolute Gasteiger partial charge is 0.335 e. The van der Waals surface area contributed by atoms with Crippen LogP contribution in [0.2, 0.25) is 0 Å². The van der Waals surface area contributed by atoms with Crippen LogP contribution in [0.3, 0.4) is 0 Å². The lowest BCUT2D eigenvalue weighted by molar-refractivity contribution is -0.121. The van der Waals surface area contributed by atoms with Gasteiger partial charge in [-0.25, -0.2) is 4.39 Å². The number of hydrogen-bond acceptors (Lipinski definition) is 4. The van der Waals surface area contributed by atoms with Gasteiger partial charge in [-0.1, -0.05) is 6.07 Å². The molecule has 1 aliphatic rings. The maximum Gasteiger partial charge on any atom is 0.264 e. The van der Waals surface area contributed by atoms with Crippen molar-refractivity contribution in [3.63, 3.8) is 0 Å². The first kappa shape index (κ1) is 17.6. The van der Waals surface area contributed by atoms with E-state index >= 15 is 0 Å². The number of rotatable bonds is 4. The Kier molecular flexibility index (Phi) is 5.45. The van der Waals surface area contributed by atoms with E-state index in [1.54, 1.807) is 0 Å². The van der Waals surface area contributed by atoms with Crippen LogP contribution >= 0.6 is 11.3 Å². The summed E-state index contributed by atoms with van der Waals surface area (Å²) in [6.07, 6.45) is 0. The van der Waals surface area contributed by atoms with Gasteiger partial charge in [0.25, 0.3) is 5.91 Å². The molecule has 1 N–H and O–H groups in total. The van der Waals surface area contributed by atoms with Crippen molar-refractivity contribution in [2.75, 3.05) is 31.5 Å². The van der Waals surface area contributed by atoms with Crippen LogP contribution in [0.1, 0.15) is 16.6 Å². The molecule has 2 aromatic rings. The highest BCUT2D eigenvalue weighted by Gasteiger charge is 2.28. The molecule has 3 rings (SSSR count). The standard InChI is InChI=1S/C18H20FN3O2S/c1-13(17(23)20-15-6-4-14(19)5-7-15)21-8-10-22(11-9-21)18(24)16-3-2-12-25-16/h2-7,12-13H,8-11H2,1H3,(H,20,23)/t13-/m1/s1. The van der Waals surface area contributed by atoms with Crippen LogP contribution in [0.25, 0.3) is 0 Å². The minimum absolute atomic E-state index is 0.0538. The summed E-state index contributed by atoms with van der Waals surface area (Å²) in [4.78, 5) is 29.3. The molecule has 0 spiro atoms. The molecule has 5 nitrogen and oxygen atoms in total. The van der Waals surface area contributed by atoms with E-state index < -0.39 is 0 Å². The van der Waals surface area contributed by atoms with Gasteiger partial charge in [0.05, 0.1) is 10.9 Å². The Morgan fingerprint density at radius 1 is 1.12 bits per heavy atom. The summed E-state index contributed by atoms with van der Waals surface area (Å²) in [5, 5.41) is 4.69.